The van der Waals surface area contributed by atoms with Crippen LogP contribution in [0.3, 0.4) is 0 Å². The number of benzene rings is 1. The molecule has 0 aromatic heterocycles. The average molecular weight is 264 g/mol. The van der Waals surface area contributed by atoms with E-state index in [1.165, 1.54) is 31.7 Å². The van der Waals surface area contributed by atoms with Crippen LogP contribution in [0, 0.1) is 19.7 Å². The molecule has 2 rings (SSSR count). The molecule has 0 spiro atoms. The van der Waals surface area contributed by atoms with Crippen LogP contribution in [0.25, 0.3) is 0 Å². The molecular formula is C16H25FN2. The zero-order chi connectivity index (χ0) is 13.8. The molecule has 19 heavy (non-hydrogen) atoms. The minimum atomic E-state index is -0.113. The van der Waals surface area contributed by atoms with Gasteiger partial charge in [-0.2, -0.15) is 0 Å². The predicted molar refractivity (Wildman–Crippen MR) is 78.1 cm³/mol. The highest BCUT2D eigenvalue weighted by Gasteiger charge is 2.13. The zero-order valence-corrected chi connectivity index (χ0v) is 12.4. The fourth-order valence-electron chi connectivity index (χ4n) is 2.89. The van der Waals surface area contributed by atoms with Crippen LogP contribution < -0.4 is 0 Å². The number of aryl methyl sites for hydroxylation is 2. The highest BCUT2D eigenvalue weighted by atomic mass is 19.1. The lowest BCUT2D eigenvalue weighted by atomic mass is 9.98. The molecule has 0 radical (unpaired) electrons. The fraction of sp³-hybridized carbons (Fsp3) is 0.625. The zero-order valence-electron chi connectivity index (χ0n) is 12.4. The largest absolute Gasteiger partial charge is 0.304 e. The van der Waals surface area contributed by atoms with Gasteiger partial charge in [-0.25, -0.2) is 4.39 Å². The van der Waals surface area contributed by atoms with Crippen molar-refractivity contribution >= 4 is 0 Å². The minimum absolute atomic E-state index is 0.113. The summed E-state index contributed by atoms with van der Waals surface area (Å²) in [4.78, 5) is 4.92. The molecule has 0 bridgehead atoms. The van der Waals surface area contributed by atoms with E-state index in [2.05, 4.69) is 16.8 Å². The molecule has 3 heteroatoms. The summed E-state index contributed by atoms with van der Waals surface area (Å²) in [6.45, 7) is 9.89. The molecule has 0 amide bonds. The Labute approximate surface area is 116 Å². The second-order valence-corrected chi connectivity index (χ2v) is 5.77. The van der Waals surface area contributed by atoms with Crippen LogP contribution in [0.15, 0.2) is 12.1 Å². The number of nitrogens with zero attached hydrogens (tertiary/aromatic N) is 2. The molecule has 0 N–H and O–H groups in total. The van der Waals surface area contributed by atoms with Crippen molar-refractivity contribution in [3.05, 3.63) is 34.6 Å². The smallest absolute Gasteiger partial charge is 0.123 e. The first-order valence-electron chi connectivity index (χ1n) is 7.23. The highest BCUT2D eigenvalue weighted by molar-refractivity contribution is 5.34. The number of piperazine rings is 1. The Morgan fingerprint density at radius 3 is 2.21 bits per heavy atom. The Balaban J connectivity index is 1.83. The minimum Gasteiger partial charge on any atom is -0.304 e. The van der Waals surface area contributed by atoms with Crippen molar-refractivity contribution < 1.29 is 4.39 Å². The summed E-state index contributed by atoms with van der Waals surface area (Å²) >= 11 is 0. The van der Waals surface area contributed by atoms with E-state index in [1.807, 2.05) is 13.8 Å². The van der Waals surface area contributed by atoms with Crippen LogP contribution in [0.2, 0.25) is 0 Å². The van der Waals surface area contributed by atoms with Crippen molar-refractivity contribution in [2.45, 2.75) is 26.7 Å². The number of rotatable bonds is 4. The first-order valence-corrected chi connectivity index (χ1v) is 7.23. The summed E-state index contributed by atoms with van der Waals surface area (Å²) in [5.41, 5.74) is 3.52. The van der Waals surface area contributed by atoms with E-state index in [9.17, 15) is 4.39 Å². The van der Waals surface area contributed by atoms with Crippen LogP contribution >= 0.6 is 0 Å². The summed E-state index contributed by atoms with van der Waals surface area (Å²) in [5, 5.41) is 0. The summed E-state index contributed by atoms with van der Waals surface area (Å²) < 4.78 is 13.2. The van der Waals surface area contributed by atoms with Gasteiger partial charge in [0.05, 0.1) is 0 Å². The summed E-state index contributed by atoms with van der Waals surface area (Å²) in [7, 11) is 2.18. The summed E-state index contributed by atoms with van der Waals surface area (Å²) in [5.74, 6) is -0.113. The van der Waals surface area contributed by atoms with Gasteiger partial charge in [0.1, 0.15) is 5.82 Å². The van der Waals surface area contributed by atoms with Gasteiger partial charge in [-0.15, -0.1) is 0 Å². The van der Waals surface area contributed by atoms with E-state index < -0.39 is 0 Å². The third kappa shape index (κ3) is 4.02. The van der Waals surface area contributed by atoms with E-state index in [0.717, 1.165) is 30.5 Å². The van der Waals surface area contributed by atoms with Gasteiger partial charge < -0.3 is 9.80 Å². The van der Waals surface area contributed by atoms with Crippen LogP contribution in [-0.2, 0) is 6.42 Å². The lowest BCUT2D eigenvalue weighted by molar-refractivity contribution is 0.153. The number of hydrogen-bond donors (Lipinski definition) is 0. The molecule has 1 heterocycles. The molecule has 0 unspecified atom stereocenters. The third-order valence-corrected chi connectivity index (χ3v) is 4.16. The Morgan fingerprint density at radius 2 is 1.63 bits per heavy atom. The van der Waals surface area contributed by atoms with Gasteiger partial charge in [0.15, 0.2) is 0 Å². The lowest BCUT2D eigenvalue weighted by Gasteiger charge is -2.32. The molecule has 0 atom stereocenters. The third-order valence-electron chi connectivity index (χ3n) is 4.16. The molecule has 1 aliphatic rings. The van der Waals surface area contributed by atoms with Crippen LogP contribution in [-0.4, -0.2) is 49.6 Å². The molecule has 0 saturated carbocycles. The monoisotopic (exact) mass is 264 g/mol. The Hall–Kier alpha value is -0.930. The Bertz CT molecular complexity index is 400. The number of halogens is 1. The van der Waals surface area contributed by atoms with Crippen molar-refractivity contribution in [3.8, 4) is 0 Å². The molecule has 1 fully saturated rings. The van der Waals surface area contributed by atoms with Crippen molar-refractivity contribution in [3.63, 3.8) is 0 Å². The molecule has 1 aromatic rings. The molecular weight excluding hydrogens is 239 g/mol. The predicted octanol–water partition coefficient (Wildman–Crippen LogP) is 2.62. The van der Waals surface area contributed by atoms with E-state index in [1.54, 1.807) is 12.1 Å². The fourth-order valence-corrected chi connectivity index (χ4v) is 2.89. The standard InChI is InChI=1S/C16H25FN2/c1-13-11-15(17)12-14(2)16(13)5-4-6-19-9-7-18(3)8-10-19/h11-12H,4-10H2,1-3H3. The van der Waals surface area contributed by atoms with Crippen LogP contribution in [0.4, 0.5) is 4.39 Å². The van der Waals surface area contributed by atoms with Gasteiger partial charge in [-0.3, -0.25) is 0 Å². The lowest BCUT2D eigenvalue weighted by Crippen LogP contribution is -2.44. The maximum Gasteiger partial charge on any atom is 0.123 e. The average Bonchev–Trinajstić information content (AvgIpc) is 2.34. The van der Waals surface area contributed by atoms with Crippen molar-refractivity contribution in [2.75, 3.05) is 39.8 Å². The second-order valence-electron chi connectivity index (χ2n) is 5.77. The Morgan fingerprint density at radius 1 is 1.05 bits per heavy atom. The molecule has 1 aromatic carbocycles. The van der Waals surface area contributed by atoms with E-state index >= 15 is 0 Å². The van der Waals surface area contributed by atoms with Crippen molar-refractivity contribution in [2.24, 2.45) is 0 Å². The second kappa shape index (κ2) is 6.49. The maximum atomic E-state index is 13.2. The van der Waals surface area contributed by atoms with Gasteiger partial charge >= 0.3 is 0 Å². The van der Waals surface area contributed by atoms with Gasteiger partial charge in [-0.1, -0.05) is 0 Å². The van der Waals surface area contributed by atoms with E-state index in [0.29, 0.717) is 0 Å². The van der Waals surface area contributed by atoms with Gasteiger partial charge in [0, 0.05) is 26.2 Å². The number of hydrogen-bond acceptors (Lipinski definition) is 2. The van der Waals surface area contributed by atoms with E-state index in [-0.39, 0.29) is 5.82 Å². The normalized spacial score (nSPS) is 17.9. The van der Waals surface area contributed by atoms with Crippen LogP contribution in [0.5, 0.6) is 0 Å². The molecule has 2 nitrogen and oxygen atoms in total. The van der Waals surface area contributed by atoms with Gasteiger partial charge in [0.2, 0.25) is 0 Å². The first kappa shape index (κ1) is 14.5. The van der Waals surface area contributed by atoms with E-state index in [4.69, 9.17) is 0 Å². The molecule has 1 aliphatic heterocycles. The molecule has 1 saturated heterocycles. The number of likely N-dealkylation sites (N-methyl/N-ethyl adjacent to an activating group) is 1. The maximum absolute atomic E-state index is 13.2. The van der Waals surface area contributed by atoms with Gasteiger partial charge in [-0.05, 0) is 69.1 Å². The van der Waals surface area contributed by atoms with Crippen molar-refractivity contribution in [1.82, 2.24) is 9.80 Å². The topological polar surface area (TPSA) is 6.48 Å². The summed E-state index contributed by atoms with van der Waals surface area (Å²) in [6, 6.07) is 3.30. The first-order chi connectivity index (χ1) is 9.06. The Kier molecular flexibility index (Phi) is 4.94. The van der Waals surface area contributed by atoms with Crippen LogP contribution in [0.1, 0.15) is 23.1 Å². The quantitative estimate of drug-likeness (QED) is 0.825. The molecule has 0 aliphatic carbocycles. The highest BCUT2D eigenvalue weighted by Crippen LogP contribution is 2.18. The van der Waals surface area contributed by atoms with Crippen molar-refractivity contribution in [1.29, 1.82) is 0 Å². The SMILES string of the molecule is Cc1cc(F)cc(C)c1CCCN1CCN(C)CC1. The molecule has 106 valence electrons. The van der Waals surface area contributed by atoms with Gasteiger partial charge in [0.25, 0.3) is 0 Å². The summed E-state index contributed by atoms with van der Waals surface area (Å²) in [6.07, 6.45) is 2.22.